The third kappa shape index (κ3) is 0.918. The number of esters is 1. The van der Waals surface area contributed by atoms with Crippen molar-refractivity contribution >= 4 is 27.7 Å². The number of methoxy groups -OCH3 is 1. The molecule has 0 radical (unpaired) electrons. The van der Waals surface area contributed by atoms with Crippen molar-refractivity contribution in [2.24, 2.45) is 16.2 Å². The fraction of sp³-hybridized carbons (Fsp3) is 0.833. The van der Waals surface area contributed by atoms with E-state index in [1.807, 2.05) is 20.8 Å². The minimum Gasteiger partial charge on any atom is -0.469 e. The summed E-state index contributed by atoms with van der Waals surface area (Å²) in [6.45, 7) is 5.99. The van der Waals surface area contributed by atoms with Crippen LogP contribution in [0.1, 0.15) is 33.6 Å². The Bertz CT molecular complexity index is 376. The molecule has 0 unspecified atom stereocenters. The molecule has 16 heavy (non-hydrogen) atoms. The Morgan fingerprint density at radius 3 is 2.31 bits per heavy atom. The molecule has 0 aromatic carbocycles. The molecule has 0 N–H and O–H groups in total. The third-order valence-electron chi connectivity index (χ3n) is 5.27. The van der Waals surface area contributed by atoms with Gasteiger partial charge in [-0.05, 0) is 18.3 Å². The molecule has 90 valence electrons. The summed E-state index contributed by atoms with van der Waals surface area (Å²) in [5.41, 5.74) is -1.44. The lowest BCUT2D eigenvalue weighted by Gasteiger charge is -2.38. The van der Waals surface area contributed by atoms with Gasteiger partial charge in [-0.15, -0.1) is 0 Å². The predicted molar refractivity (Wildman–Crippen MR) is 63.3 cm³/mol. The Hall–Kier alpha value is -0.380. The zero-order valence-corrected chi connectivity index (χ0v) is 11.7. The Morgan fingerprint density at radius 1 is 1.38 bits per heavy atom. The van der Waals surface area contributed by atoms with Crippen molar-refractivity contribution in [3.05, 3.63) is 0 Å². The van der Waals surface area contributed by atoms with Gasteiger partial charge < -0.3 is 4.74 Å². The molecule has 0 aliphatic heterocycles. The molecule has 2 rings (SSSR count). The molecule has 2 saturated carbocycles. The van der Waals surface area contributed by atoms with Crippen LogP contribution in [0.3, 0.4) is 0 Å². The Kier molecular flexibility index (Phi) is 2.34. The van der Waals surface area contributed by atoms with E-state index >= 15 is 0 Å². The average Bonchev–Trinajstić information content (AvgIpc) is 2.51. The molecular weight excluding hydrogens is 272 g/mol. The van der Waals surface area contributed by atoms with Gasteiger partial charge in [-0.1, -0.05) is 36.7 Å². The van der Waals surface area contributed by atoms with Gasteiger partial charge in [0.05, 0.1) is 17.4 Å². The minimum absolute atomic E-state index is 0.147. The van der Waals surface area contributed by atoms with E-state index in [0.29, 0.717) is 0 Å². The van der Waals surface area contributed by atoms with E-state index in [1.165, 1.54) is 7.11 Å². The highest BCUT2D eigenvalue weighted by Gasteiger charge is 2.77. The molecule has 0 heterocycles. The number of fused-ring (bicyclic) bond motifs is 2. The smallest absolute Gasteiger partial charge is 0.313 e. The molecule has 0 saturated heterocycles. The second-order valence-corrected chi connectivity index (χ2v) is 6.56. The Labute approximate surface area is 104 Å². The van der Waals surface area contributed by atoms with Crippen molar-refractivity contribution in [3.8, 4) is 0 Å². The molecule has 0 aromatic rings. The summed E-state index contributed by atoms with van der Waals surface area (Å²) in [7, 11) is 1.39. The average molecular weight is 289 g/mol. The van der Waals surface area contributed by atoms with E-state index in [2.05, 4.69) is 15.9 Å². The number of halogens is 1. The van der Waals surface area contributed by atoms with Crippen molar-refractivity contribution < 1.29 is 14.3 Å². The van der Waals surface area contributed by atoms with Gasteiger partial charge in [0.25, 0.3) is 0 Å². The van der Waals surface area contributed by atoms with Gasteiger partial charge in [-0.3, -0.25) is 9.59 Å². The second-order valence-electron chi connectivity index (χ2n) is 5.65. The van der Waals surface area contributed by atoms with Gasteiger partial charge in [0.1, 0.15) is 0 Å². The number of carbonyl (C=O) groups excluding carboxylic acids is 2. The monoisotopic (exact) mass is 288 g/mol. The van der Waals surface area contributed by atoms with E-state index in [9.17, 15) is 9.59 Å². The summed E-state index contributed by atoms with van der Waals surface area (Å²) in [6.07, 6.45) is 1.50. The molecular formula is C12H17BrO3. The van der Waals surface area contributed by atoms with Gasteiger partial charge in [0.2, 0.25) is 0 Å². The van der Waals surface area contributed by atoms with E-state index in [-0.39, 0.29) is 17.2 Å². The quantitative estimate of drug-likeness (QED) is 0.549. The summed E-state index contributed by atoms with van der Waals surface area (Å²) >= 11 is 3.42. The highest BCUT2D eigenvalue weighted by Crippen LogP contribution is 2.72. The lowest BCUT2D eigenvalue weighted by atomic mass is 9.65. The number of alkyl halides is 1. The lowest BCUT2D eigenvalue weighted by Crippen LogP contribution is -2.45. The maximum atomic E-state index is 12.3. The maximum Gasteiger partial charge on any atom is 0.313 e. The number of rotatable bonds is 1. The van der Waals surface area contributed by atoms with E-state index in [1.54, 1.807) is 0 Å². The largest absolute Gasteiger partial charge is 0.469 e. The van der Waals surface area contributed by atoms with Crippen molar-refractivity contribution in [3.63, 3.8) is 0 Å². The Morgan fingerprint density at radius 2 is 1.94 bits per heavy atom. The van der Waals surface area contributed by atoms with Crippen LogP contribution in [0, 0.1) is 16.2 Å². The number of hydrogen-bond acceptors (Lipinski definition) is 3. The van der Waals surface area contributed by atoms with Crippen molar-refractivity contribution in [2.75, 3.05) is 7.11 Å². The predicted octanol–water partition coefficient (Wildman–Crippen LogP) is 2.32. The topological polar surface area (TPSA) is 43.4 Å². The van der Waals surface area contributed by atoms with Gasteiger partial charge in [-0.2, -0.15) is 0 Å². The maximum absolute atomic E-state index is 12.3. The molecule has 2 fully saturated rings. The van der Waals surface area contributed by atoms with Crippen LogP contribution in [0.2, 0.25) is 0 Å². The van der Waals surface area contributed by atoms with Crippen LogP contribution in [-0.4, -0.2) is 23.7 Å². The molecule has 2 aliphatic rings. The molecule has 2 bridgehead atoms. The summed E-state index contributed by atoms with van der Waals surface area (Å²) < 4.78 is 4.93. The highest BCUT2D eigenvalue weighted by molar-refractivity contribution is 9.10. The van der Waals surface area contributed by atoms with E-state index in [0.717, 1.165) is 12.8 Å². The van der Waals surface area contributed by atoms with E-state index < -0.39 is 15.7 Å². The van der Waals surface area contributed by atoms with Crippen LogP contribution in [0.15, 0.2) is 0 Å². The SMILES string of the molecule is COC(=O)[C@]12CC[C@](C)(C(=O)[C@H]1Br)C2(C)C. The van der Waals surface area contributed by atoms with Crippen LogP contribution in [0.5, 0.6) is 0 Å². The number of Topliss-reactive ketones (excluding diaryl/α,β-unsaturated/α-hetero) is 1. The third-order valence-corrected chi connectivity index (χ3v) is 6.47. The zero-order chi connectivity index (χ0) is 12.4. The first-order chi connectivity index (χ1) is 7.25. The number of ketones is 1. The summed E-state index contributed by atoms with van der Waals surface area (Å²) in [5, 5.41) is 0. The molecule has 4 heteroatoms. The molecule has 0 aromatic heterocycles. The first kappa shape index (κ1) is 12.1. The number of ether oxygens (including phenoxy) is 1. The van der Waals surface area contributed by atoms with Crippen LogP contribution >= 0.6 is 15.9 Å². The van der Waals surface area contributed by atoms with Crippen molar-refractivity contribution in [1.29, 1.82) is 0 Å². The minimum atomic E-state index is -0.687. The molecule has 0 amide bonds. The van der Waals surface area contributed by atoms with Crippen molar-refractivity contribution in [2.45, 2.75) is 38.4 Å². The summed E-state index contributed by atoms with van der Waals surface area (Å²) in [4.78, 5) is 24.0. The zero-order valence-electron chi connectivity index (χ0n) is 10.1. The van der Waals surface area contributed by atoms with Gasteiger partial charge in [0, 0.05) is 5.41 Å². The van der Waals surface area contributed by atoms with Gasteiger partial charge >= 0.3 is 5.97 Å². The molecule has 2 aliphatic carbocycles. The molecule has 3 nitrogen and oxygen atoms in total. The van der Waals surface area contributed by atoms with Crippen LogP contribution < -0.4 is 0 Å². The fourth-order valence-corrected chi connectivity index (χ4v) is 5.08. The first-order valence-electron chi connectivity index (χ1n) is 5.52. The van der Waals surface area contributed by atoms with Crippen molar-refractivity contribution in [1.82, 2.24) is 0 Å². The van der Waals surface area contributed by atoms with Gasteiger partial charge in [0.15, 0.2) is 5.78 Å². The fourth-order valence-electron chi connectivity index (χ4n) is 3.59. The molecule has 3 atom stereocenters. The number of carbonyl (C=O) groups is 2. The summed E-state index contributed by atoms with van der Waals surface area (Å²) in [6, 6.07) is 0. The van der Waals surface area contributed by atoms with Gasteiger partial charge in [-0.25, -0.2) is 0 Å². The highest BCUT2D eigenvalue weighted by atomic mass is 79.9. The molecule has 0 spiro atoms. The van der Waals surface area contributed by atoms with Crippen LogP contribution in [-0.2, 0) is 14.3 Å². The second kappa shape index (κ2) is 3.09. The van der Waals surface area contributed by atoms with E-state index in [4.69, 9.17) is 4.74 Å². The van der Waals surface area contributed by atoms with Crippen LogP contribution in [0.4, 0.5) is 0 Å². The van der Waals surface area contributed by atoms with Crippen LogP contribution in [0.25, 0.3) is 0 Å². The Balaban J connectivity index is 2.63. The first-order valence-corrected chi connectivity index (χ1v) is 6.44. The summed E-state index contributed by atoms with van der Waals surface area (Å²) in [5.74, 6) is -0.108. The number of hydrogen-bond donors (Lipinski definition) is 0. The standard InChI is InChI=1S/C12H17BrO3/c1-10(2)11(3)5-6-12(10,9(15)16-4)7(13)8(11)14/h7H,5-6H2,1-4H3/t7-,11-,12+/m1/s1. The lowest BCUT2D eigenvalue weighted by molar-refractivity contribution is -0.157. The normalized spacial score (nSPS) is 44.8.